The van der Waals surface area contributed by atoms with Gasteiger partial charge in [0.25, 0.3) is 11.8 Å². The Morgan fingerprint density at radius 1 is 0.886 bits per heavy atom. The molecular weight excluding hydrogens is 560 g/mol. The number of nitrogens with zero attached hydrogens (tertiary/aromatic N) is 2. The number of rotatable bonds is 4. The molecule has 0 spiro atoms. The number of hydrogen-bond acceptors (Lipinski definition) is 7. The number of imide groups is 4. The number of hydrazine groups is 1. The van der Waals surface area contributed by atoms with E-state index in [0.29, 0.717) is 27.3 Å². The Balaban J connectivity index is 1.46. The maximum atomic E-state index is 14.9. The third-order valence-corrected chi connectivity index (χ3v) is 9.86. The number of benzene rings is 3. The molecule has 0 bridgehead atoms. The lowest BCUT2D eigenvalue weighted by molar-refractivity contribution is -0.139. The first-order valence-electron chi connectivity index (χ1n) is 14.6. The molecule has 7 rings (SSSR count). The Morgan fingerprint density at radius 2 is 1.57 bits per heavy atom. The van der Waals surface area contributed by atoms with Crippen molar-refractivity contribution >= 4 is 35.3 Å². The van der Waals surface area contributed by atoms with Crippen molar-refractivity contribution in [3.05, 3.63) is 107 Å². The number of nitrogens with one attached hydrogen (secondary N) is 1. The predicted octanol–water partition coefficient (Wildman–Crippen LogP) is 3.76. The van der Waals surface area contributed by atoms with Gasteiger partial charge in [-0.05, 0) is 49.4 Å². The van der Waals surface area contributed by atoms with Crippen LogP contribution in [0.15, 0.2) is 90.5 Å². The number of aryl methyl sites for hydroxylation is 1. The number of carbonyl (C=O) groups is 5. The third-order valence-electron chi connectivity index (χ3n) is 9.86. The average Bonchev–Trinajstić information content (AvgIpc) is 3.40. The second-order valence-electron chi connectivity index (χ2n) is 12.0. The van der Waals surface area contributed by atoms with Gasteiger partial charge >= 0.3 is 6.03 Å². The Labute approximate surface area is 253 Å². The molecule has 2 aliphatic carbocycles. The molecule has 6 unspecified atom stereocenters. The van der Waals surface area contributed by atoms with Gasteiger partial charge < -0.3 is 10.8 Å². The second kappa shape index (κ2) is 9.90. The van der Waals surface area contributed by atoms with Crippen molar-refractivity contribution < 1.29 is 29.1 Å². The first-order chi connectivity index (χ1) is 21.2. The number of urea groups is 1. The Morgan fingerprint density at radius 3 is 2.25 bits per heavy atom. The molecule has 2 aliphatic heterocycles. The number of carbonyl (C=O) groups excluding carboxylic acids is 5. The van der Waals surface area contributed by atoms with E-state index in [2.05, 4.69) is 5.43 Å². The molecule has 0 radical (unpaired) electrons. The number of aromatic hydroxyl groups is 1. The number of anilines is 1. The quantitative estimate of drug-likeness (QED) is 0.309. The van der Waals surface area contributed by atoms with Crippen molar-refractivity contribution in [1.29, 1.82) is 0 Å². The monoisotopic (exact) mass is 590 g/mol. The largest absolute Gasteiger partial charge is 0.508 e. The van der Waals surface area contributed by atoms with E-state index < -0.39 is 64.7 Å². The highest BCUT2D eigenvalue weighted by Crippen LogP contribution is 2.64. The zero-order valence-corrected chi connectivity index (χ0v) is 23.8. The van der Waals surface area contributed by atoms with Gasteiger partial charge in [0.15, 0.2) is 0 Å². The fourth-order valence-corrected chi connectivity index (χ4v) is 8.04. The van der Waals surface area contributed by atoms with E-state index in [1.165, 1.54) is 6.07 Å². The summed E-state index contributed by atoms with van der Waals surface area (Å²) in [6, 6.07) is 21.9. The van der Waals surface area contributed by atoms with Crippen LogP contribution in [0.25, 0.3) is 0 Å². The average molecular weight is 591 g/mol. The van der Waals surface area contributed by atoms with Gasteiger partial charge in [-0.2, -0.15) is 9.91 Å². The van der Waals surface area contributed by atoms with Crippen molar-refractivity contribution in [2.45, 2.75) is 31.1 Å². The van der Waals surface area contributed by atoms with Crippen LogP contribution in [0.2, 0.25) is 0 Å². The topological polar surface area (TPSA) is 150 Å². The highest BCUT2D eigenvalue weighted by atomic mass is 16.3. The van der Waals surface area contributed by atoms with E-state index in [0.717, 1.165) is 10.6 Å². The Kier molecular flexibility index (Phi) is 6.21. The van der Waals surface area contributed by atoms with E-state index in [1.54, 1.807) is 42.5 Å². The number of fused-ring (bicyclic) bond motifs is 4. The van der Waals surface area contributed by atoms with Crippen LogP contribution < -0.4 is 11.2 Å². The maximum absolute atomic E-state index is 14.9. The predicted molar refractivity (Wildman–Crippen MR) is 158 cm³/mol. The molecule has 3 fully saturated rings. The summed E-state index contributed by atoms with van der Waals surface area (Å²) in [5.74, 6) is -6.60. The van der Waals surface area contributed by atoms with Gasteiger partial charge in [0.05, 0.1) is 28.9 Å². The smallest absolute Gasteiger partial charge is 0.328 e. The fourth-order valence-electron chi connectivity index (χ4n) is 8.04. The summed E-state index contributed by atoms with van der Waals surface area (Å²) in [7, 11) is 0. The number of likely N-dealkylation sites (tertiary alicyclic amines) is 1. The summed E-state index contributed by atoms with van der Waals surface area (Å²) in [5, 5.41) is 12.3. The van der Waals surface area contributed by atoms with Gasteiger partial charge in [0.1, 0.15) is 5.75 Å². The van der Waals surface area contributed by atoms with Crippen molar-refractivity contribution in [1.82, 2.24) is 9.91 Å². The molecule has 1 saturated carbocycles. The van der Waals surface area contributed by atoms with Crippen molar-refractivity contribution in [2.75, 3.05) is 5.43 Å². The minimum absolute atomic E-state index is 0.0620. The summed E-state index contributed by atoms with van der Waals surface area (Å²) >= 11 is 0. The van der Waals surface area contributed by atoms with Crippen LogP contribution in [0.1, 0.15) is 35.4 Å². The SMILES string of the molecule is Cc1ccc(NN2C(=O)C3CC4C(=CCC5C(=O)N(C(N)=O)C(=O)C54)C(c4ccccc4O)C3(c3ccccc3)C2=O)cc1. The number of nitrogens with two attached hydrogens (primary N) is 1. The molecule has 2 heterocycles. The first-order valence-corrected chi connectivity index (χ1v) is 14.6. The first kappa shape index (κ1) is 27.6. The lowest BCUT2D eigenvalue weighted by atomic mass is 9.49. The van der Waals surface area contributed by atoms with Crippen LogP contribution in [0, 0.1) is 30.6 Å². The Bertz CT molecular complexity index is 1770. The molecule has 4 N–H and O–H groups in total. The lowest BCUT2D eigenvalue weighted by Gasteiger charge is -2.50. The number of primary amides is 1. The van der Waals surface area contributed by atoms with E-state index >= 15 is 0 Å². The molecule has 222 valence electrons. The summed E-state index contributed by atoms with van der Waals surface area (Å²) in [6.45, 7) is 1.93. The van der Waals surface area contributed by atoms with Gasteiger partial charge in [0, 0.05) is 11.5 Å². The fraction of sp³-hybridized carbons (Fsp3) is 0.265. The van der Waals surface area contributed by atoms with E-state index in [4.69, 9.17) is 5.73 Å². The van der Waals surface area contributed by atoms with E-state index in [9.17, 15) is 29.1 Å². The van der Waals surface area contributed by atoms with E-state index in [1.807, 2.05) is 43.3 Å². The Hall–Kier alpha value is -5.25. The molecule has 6 atom stereocenters. The molecule has 44 heavy (non-hydrogen) atoms. The number of hydrogen-bond donors (Lipinski definition) is 3. The van der Waals surface area contributed by atoms with Gasteiger partial charge in [-0.3, -0.25) is 24.6 Å². The highest BCUT2D eigenvalue weighted by molar-refractivity contribution is 6.17. The minimum Gasteiger partial charge on any atom is -0.508 e. The third kappa shape index (κ3) is 3.69. The molecule has 2 saturated heterocycles. The standard InChI is InChI=1S/C34H30N4O6/c1-18-11-13-20(14-12-18)36-38-30(41)25-17-24-21(15-16-23-27(24)31(42)37(29(23)40)33(35)44)28(22-9-5-6-10-26(22)39)34(25,32(38)43)19-7-3-2-4-8-19/h2-15,23-25,27-28,36,39H,16-17H2,1H3,(H2,35,44). The molecular formula is C34H30N4O6. The highest BCUT2D eigenvalue weighted by Gasteiger charge is 2.70. The van der Waals surface area contributed by atoms with Gasteiger partial charge in [-0.25, -0.2) is 4.79 Å². The molecule has 10 heteroatoms. The van der Waals surface area contributed by atoms with Crippen LogP contribution in [0.4, 0.5) is 10.5 Å². The van der Waals surface area contributed by atoms with Crippen LogP contribution in [-0.4, -0.2) is 44.7 Å². The van der Waals surface area contributed by atoms with Crippen LogP contribution >= 0.6 is 0 Å². The number of para-hydroxylation sites is 1. The summed E-state index contributed by atoms with van der Waals surface area (Å²) in [6.07, 6.45) is 2.08. The molecule has 3 aromatic rings. The molecule has 3 aromatic carbocycles. The number of allylic oxidation sites excluding steroid dienone is 2. The summed E-state index contributed by atoms with van der Waals surface area (Å²) in [5.41, 5.74) is 10.2. The van der Waals surface area contributed by atoms with Gasteiger partial charge in [0.2, 0.25) is 11.8 Å². The van der Waals surface area contributed by atoms with Crippen LogP contribution in [-0.2, 0) is 24.6 Å². The molecule has 10 nitrogen and oxygen atoms in total. The van der Waals surface area contributed by atoms with Crippen molar-refractivity contribution in [3.63, 3.8) is 0 Å². The second-order valence-corrected chi connectivity index (χ2v) is 12.0. The normalized spacial score (nSPS) is 29.2. The number of phenols is 1. The van der Waals surface area contributed by atoms with Crippen molar-refractivity contribution in [2.24, 2.45) is 29.4 Å². The van der Waals surface area contributed by atoms with Gasteiger partial charge in [-0.15, -0.1) is 0 Å². The zero-order chi connectivity index (χ0) is 30.9. The lowest BCUT2D eigenvalue weighted by Crippen LogP contribution is -2.53. The molecule has 0 aromatic heterocycles. The number of phenolic OH excluding ortho intramolecular Hbond substituents is 1. The molecule has 4 aliphatic rings. The maximum Gasteiger partial charge on any atom is 0.328 e. The van der Waals surface area contributed by atoms with Gasteiger partial charge in [-0.1, -0.05) is 77.9 Å². The van der Waals surface area contributed by atoms with Crippen LogP contribution in [0.3, 0.4) is 0 Å². The summed E-state index contributed by atoms with van der Waals surface area (Å²) in [4.78, 5) is 68.9. The number of amides is 6. The van der Waals surface area contributed by atoms with E-state index in [-0.39, 0.29) is 18.6 Å². The van der Waals surface area contributed by atoms with Crippen LogP contribution in [0.5, 0.6) is 5.75 Å². The minimum atomic E-state index is -1.49. The van der Waals surface area contributed by atoms with Crippen molar-refractivity contribution in [3.8, 4) is 5.75 Å². The summed E-state index contributed by atoms with van der Waals surface area (Å²) < 4.78 is 0. The zero-order valence-electron chi connectivity index (χ0n) is 23.8. The molecule has 6 amide bonds.